The number of aromatic nitrogens is 2. The number of hydrogen-bond donors (Lipinski definition) is 3. The van der Waals surface area contributed by atoms with Gasteiger partial charge in [0.1, 0.15) is 11.5 Å². The van der Waals surface area contributed by atoms with Gasteiger partial charge in [-0.25, -0.2) is 0 Å². The lowest BCUT2D eigenvalue weighted by molar-refractivity contribution is 0.592. The Balaban J connectivity index is 3.02. The molecule has 0 atom stereocenters. The van der Waals surface area contributed by atoms with Gasteiger partial charge in [-0.15, -0.1) is 0 Å². The third kappa shape index (κ3) is 2.59. The minimum atomic E-state index is -0.413. The van der Waals surface area contributed by atoms with Crippen molar-refractivity contribution >= 4 is 23.7 Å². The third-order valence-electron chi connectivity index (χ3n) is 2.26. The fourth-order valence-electron chi connectivity index (χ4n) is 1.34. The predicted octanol–water partition coefficient (Wildman–Crippen LogP) is 1.26. The molecule has 0 saturated heterocycles. The van der Waals surface area contributed by atoms with Gasteiger partial charge in [-0.3, -0.25) is 9.78 Å². The SMILES string of the molecule is CCCCCn1c(N)c(N)c(=O)[nH]c1=S. The largest absolute Gasteiger partial charge is 0.391 e. The van der Waals surface area contributed by atoms with E-state index in [-0.39, 0.29) is 11.5 Å². The molecule has 84 valence electrons. The lowest BCUT2D eigenvalue weighted by Gasteiger charge is -2.11. The number of anilines is 2. The molecule has 1 aromatic rings. The van der Waals surface area contributed by atoms with Gasteiger partial charge in [0.2, 0.25) is 0 Å². The van der Waals surface area contributed by atoms with Crippen LogP contribution < -0.4 is 17.0 Å². The summed E-state index contributed by atoms with van der Waals surface area (Å²) in [6, 6.07) is 0. The van der Waals surface area contributed by atoms with E-state index in [2.05, 4.69) is 11.9 Å². The summed E-state index contributed by atoms with van der Waals surface area (Å²) in [5, 5.41) is 0. The Morgan fingerprint density at radius 2 is 2.07 bits per heavy atom. The van der Waals surface area contributed by atoms with Gasteiger partial charge < -0.3 is 16.0 Å². The molecular weight excluding hydrogens is 212 g/mol. The lowest BCUT2D eigenvalue weighted by Crippen LogP contribution is -2.21. The second kappa shape index (κ2) is 4.97. The summed E-state index contributed by atoms with van der Waals surface area (Å²) in [5.74, 6) is 0.264. The molecule has 0 aliphatic carbocycles. The Labute approximate surface area is 93.1 Å². The van der Waals surface area contributed by atoms with Gasteiger partial charge in [0.05, 0.1) is 0 Å². The summed E-state index contributed by atoms with van der Waals surface area (Å²) in [6.45, 7) is 2.81. The molecule has 6 heteroatoms. The average Bonchev–Trinajstić information content (AvgIpc) is 2.20. The Morgan fingerprint density at radius 1 is 1.40 bits per heavy atom. The van der Waals surface area contributed by atoms with E-state index < -0.39 is 5.56 Å². The standard InChI is InChI=1S/C9H16N4OS/c1-2-3-4-5-13-7(11)6(10)8(14)12-9(13)15/h2-5,10-11H2,1H3,(H,12,14,15). The van der Waals surface area contributed by atoms with Crippen molar-refractivity contribution in [3.05, 3.63) is 15.1 Å². The molecule has 0 bridgehead atoms. The molecule has 1 heterocycles. The molecule has 0 amide bonds. The van der Waals surface area contributed by atoms with Gasteiger partial charge >= 0.3 is 0 Å². The Hall–Kier alpha value is -1.30. The van der Waals surface area contributed by atoms with Crippen LogP contribution >= 0.6 is 12.2 Å². The van der Waals surface area contributed by atoms with Crippen molar-refractivity contribution < 1.29 is 0 Å². The van der Waals surface area contributed by atoms with Gasteiger partial charge in [0.25, 0.3) is 5.56 Å². The highest BCUT2D eigenvalue weighted by molar-refractivity contribution is 7.71. The van der Waals surface area contributed by atoms with Crippen molar-refractivity contribution in [1.29, 1.82) is 0 Å². The quantitative estimate of drug-likeness (QED) is 0.534. The molecule has 1 aromatic heterocycles. The first-order valence-corrected chi connectivity index (χ1v) is 5.36. The van der Waals surface area contributed by atoms with Crippen molar-refractivity contribution in [2.45, 2.75) is 32.7 Å². The fourth-order valence-corrected chi connectivity index (χ4v) is 1.63. The van der Waals surface area contributed by atoms with E-state index in [1.54, 1.807) is 4.57 Å². The van der Waals surface area contributed by atoms with Gasteiger partial charge in [-0.05, 0) is 18.6 Å². The predicted molar refractivity (Wildman–Crippen MR) is 64.2 cm³/mol. The minimum absolute atomic E-state index is 0.0418. The number of hydrogen-bond acceptors (Lipinski definition) is 4. The van der Waals surface area contributed by atoms with E-state index in [0.717, 1.165) is 19.3 Å². The highest BCUT2D eigenvalue weighted by atomic mass is 32.1. The lowest BCUT2D eigenvalue weighted by atomic mass is 10.2. The van der Waals surface area contributed by atoms with Crippen LogP contribution in [0.3, 0.4) is 0 Å². The molecule has 0 aromatic carbocycles. The zero-order valence-electron chi connectivity index (χ0n) is 8.75. The van der Waals surface area contributed by atoms with E-state index in [0.29, 0.717) is 11.3 Å². The Bertz CT molecular complexity index is 448. The number of rotatable bonds is 4. The van der Waals surface area contributed by atoms with Crippen molar-refractivity contribution in [3.63, 3.8) is 0 Å². The van der Waals surface area contributed by atoms with Crippen LogP contribution in [-0.4, -0.2) is 9.55 Å². The fraction of sp³-hybridized carbons (Fsp3) is 0.556. The number of nitrogen functional groups attached to an aromatic ring is 2. The number of unbranched alkanes of at least 4 members (excludes halogenated alkanes) is 2. The van der Waals surface area contributed by atoms with Crippen molar-refractivity contribution in [1.82, 2.24) is 9.55 Å². The maximum atomic E-state index is 11.2. The molecule has 0 aliphatic rings. The zero-order chi connectivity index (χ0) is 11.4. The number of nitrogens with two attached hydrogens (primary N) is 2. The molecule has 0 spiro atoms. The number of nitrogens with one attached hydrogen (secondary N) is 1. The number of nitrogens with zero attached hydrogens (tertiary/aromatic N) is 1. The zero-order valence-corrected chi connectivity index (χ0v) is 9.56. The second-order valence-electron chi connectivity index (χ2n) is 3.42. The topological polar surface area (TPSA) is 89.8 Å². The summed E-state index contributed by atoms with van der Waals surface area (Å²) in [6.07, 6.45) is 3.19. The van der Waals surface area contributed by atoms with Crippen molar-refractivity contribution in [2.24, 2.45) is 0 Å². The number of H-pyrrole nitrogens is 1. The first kappa shape index (κ1) is 11.8. The molecule has 0 aliphatic heterocycles. The third-order valence-corrected chi connectivity index (χ3v) is 2.58. The first-order chi connectivity index (χ1) is 7.07. The van der Waals surface area contributed by atoms with Gasteiger partial charge in [0, 0.05) is 6.54 Å². The number of aromatic amines is 1. The maximum Gasteiger partial charge on any atom is 0.277 e. The summed E-state index contributed by atoms with van der Waals surface area (Å²) < 4.78 is 2.00. The molecule has 0 fully saturated rings. The monoisotopic (exact) mass is 228 g/mol. The minimum Gasteiger partial charge on any atom is -0.391 e. The van der Waals surface area contributed by atoms with Gasteiger partial charge in [-0.1, -0.05) is 19.8 Å². The average molecular weight is 228 g/mol. The van der Waals surface area contributed by atoms with E-state index in [1.807, 2.05) is 0 Å². The molecule has 0 radical (unpaired) electrons. The second-order valence-corrected chi connectivity index (χ2v) is 3.80. The van der Waals surface area contributed by atoms with Crippen LogP contribution in [0.4, 0.5) is 11.5 Å². The van der Waals surface area contributed by atoms with E-state index in [9.17, 15) is 4.79 Å². The molecule has 0 saturated carbocycles. The van der Waals surface area contributed by atoms with Crippen LogP contribution in [0.25, 0.3) is 0 Å². The maximum absolute atomic E-state index is 11.2. The summed E-state index contributed by atoms with van der Waals surface area (Å²) in [5.41, 5.74) is 10.9. The van der Waals surface area contributed by atoms with Crippen LogP contribution in [-0.2, 0) is 6.54 Å². The van der Waals surface area contributed by atoms with Crippen LogP contribution in [0.1, 0.15) is 26.2 Å². The summed E-state index contributed by atoms with van der Waals surface area (Å²) in [7, 11) is 0. The molecule has 5 nitrogen and oxygen atoms in total. The van der Waals surface area contributed by atoms with E-state index >= 15 is 0 Å². The van der Waals surface area contributed by atoms with E-state index in [1.165, 1.54) is 0 Å². The van der Waals surface area contributed by atoms with Crippen LogP contribution in [0.2, 0.25) is 0 Å². The molecule has 1 rings (SSSR count). The molecular formula is C9H16N4OS. The first-order valence-electron chi connectivity index (χ1n) is 4.96. The molecule has 15 heavy (non-hydrogen) atoms. The summed E-state index contributed by atoms with van der Waals surface area (Å²) >= 11 is 5.01. The van der Waals surface area contributed by atoms with Gasteiger partial charge in [-0.2, -0.15) is 0 Å². The Kier molecular flexibility index (Phi) is 3.90. The normalized spacial score (nSPS) is 10.5. The Morgan fingerprint density at radius 3 is 2.67 bits per heavy atom. The highest BCUT2D eigenvalue weighted by Crippen LogP contribution is 2.10. The molecule has 5 N–H and O–H groups in total. The van der Waals surface area contributed by atoms with Crippen LogP contribution in [0.5, 0.6) is 0 Å². The molecule has 0 unspecified atom stereocenters. The van der Waals surface area contributed by atoms with Crippen LogP contribution in [0.15, 0.2) is 4.79 Å². The van der Waals surface area contributed by atoms with Crippen molar-refractivity contribution in [2.75, 3.05) is 11.5 Å². The van der Waals surface area contributed by atoms with Gasteiger partial charge in [0.15, 0.2) is 4.77 Å². The van der Waals surface area contributed by atoms with Crippen molar-refractivity contribution in [3.8, 4) is 0 Å². The summed E-state index contributed by atoms with van der Waals surface area (Å²) in [4.78, 5) is 13.7. The highest BCUT2D eigenvalue weighted by Gasteiger charge is 2.06. The smallest absolute Gasteiger partial charge is 0.277 e. The van der Waals surface area contributed by atoms with E-state index in [4.69, 9.17) is 23.7 Å². The van der Waals surface area contributed by atoms with Crippen LogP contribution in [0, 0.1) is 4.77 Å².